The third-order valence-corrected chi connectivity index (χ3v) is 5.12. The minimum absolute atomic E-state index is 0.183. The van der Waals surface area contributed by atoms with Crippen molar-refractivity contribution in [3.05, 3.63) is 34.6 Å². The minimum Gasteiger partial charge on any atom is -0.380 e. The van der Waals surface area contributed by atoms with Gasteiger partial charge >= 0.3 is 0 Å². The molecule has 0 atom stereocenters. The molecule has 0 unspecified atom stereocenters. The number of rotatable bonds is 14. The summed E-state index contributed by atoms with van der Waals surface area (Å²) < 4.78 is 83.2. The molecule has 1 aromatic rings. The van der Waals surface area contributed by atoms with Crippen LogP contribution < -0.4 is 0 Å². The topological polar surface area (TPSA) is 27.7 Å². The zero-order chi connectivity index (χ0) is 21.2. The molecule has 28 heavy (non-hydrogen) atoms. The Labute approximate surface area is 166 Å². The SMILES string of the molecule is CCOC(CCCCCCCCc1c(F)c(F)c(F)c(F)c1F)(O[SiH3])OCC. The third kappa shape index (κ3) is 6.79. The molecule has 1 aromatic carbocycles. The summed E-state index contributed by atoms with van der Waals surface area (Å²) in [6.07, 6.45) is 4.83. The average Bonchev–Trinajstić information content (AvgIpc) is 2.69. The van der Waals surface area contributed by atoms with E-state index in [4.69, 9.17) is 13.9 Å². The first kappa shape index (κ1) is 25.0. The van der Waals surface area contributed by atoms with Crippen LogP contribution in [-0.2, 0) is 20.3 Å². The van der Waals surface area contributed by atoms with Gasteiger partial charge < -0.3 is 13.9 Å². The van der Waals surface area contributed by atoms with Crippen LogP contribution in [0, 0.1) is 29.1 Å². The standard InChI is InChI=1S/C19H29F5O3Si/c1-3-25-19(27-28,26-4-2)12-10-8-6-5-7-9-11-13-14(20)16(22)18(24)17(23)15(13)21/h3-12H2,1-2,28H3. The quantitative estimate of drug-likeness (QED) is 0.108. The van der Waals surface area contributed by atoms with Gasteiger partial charge in [-0.15, -0.1) is 0 Å². The Morgan fingerprint density at radius 2 is 1.11 bits per heavy atom. The van der Waals surface area contributed by atoms with Gasteiger partial charge in [0.1, 0.15) is 0 Å². The van der Waals surface area contributed by atoms with Crippen molar-refractivity contribution < 1.29 is 35.9 Å². The molecular formula is C19H29F5O3Si. The fourth-order valence-electron chi connectivity index (χ4n) is 3.07. The zero-order valence-electron chi connectivity index (χ0n) is 16.7. The van der Waals surface area contributed by atoms with E-state index in [1.807, 2.05) is 13.8 Å². The summed E-state index contributed by atoms with van der Waals surface area (Å²) in [5.41, 5.74) is -0.737. The number of unbranched alkanes of at least 4 members (excludes halogenated alkanes) is 5. The molecule has 3 nitrogen and oxygen atoms in total. The summed E-state index contributed by atoms with van der Waals surface area (Å²) in [6.45, 7) is 4.72. The molecule has 0 radical (unpaired) electrons. The van der Waals surface area contributed by atoms with E-state index < -0.39 is 40.6 Å². The highest BCUT2D eigenvalue weighted by Crippen LogP contribution is 2.25. The Morgan fingerprint density at radius 3 is 1.57 bits per heavy atom. The fourth-order valence-corrected chi connectivity index (χ4v) is 3.51. The Bertz CT molecular complexity index is 581. The highest BCUT2D eigenvalue weighted by Gasteiger charge is 2.30. The number of hydrogen-bond acceptors (Lipinski definition) is 3. The van der Waals surface area contributed by atoms with Crippen LogP contribution in [0.2, 0.25) is 0 Å². The molecule has 0 N–H and O–H groups in total. The van der Waals surface area contributed by atoms with E-state index in [0.29, 0.717) is 43.0 Å². The Balaban J connectivity index is 2.34. The predicted octanol–water partition coefficient (Wildman–Crippen LogP) is 4.68. The molecule has 0 aromatic heterocycles. The molecule has 0 fully saturated rings. The Hall–Kier alpha value is -1.03. The highest BCUT2D eigenvalue weighted by molar-refractivity contribution is 5.98. The van der Waals surface area contributed by atoms with Gasteiger partial charge in [-0.05, 0) is 33.1 Å². The minimum atomic E-state index is -2.12. The number of halogens is 5. The summed E-state index contributed by atoms with van der Waals surface area (Å²) in [5, 5.41) is 0. The van der Waals surface area contributed by atoms with Gasteiger partial charge in [0.2, 0.25) is 5.82 Å². The van der Waals surface area contributed by atoms with E-state index in [1.165, 1.54) is 0 Å². The van der Waals surface area contributed by atoms with Crippen molar-refractivity contribution in [1.29, 1.82) is 0 Å². The maximum Gasteiger partial charge on any atom is 0.272 e. The normalized spacial score (nSPS) is 12.1. The Morgan fingerprint density at radius 1 is 0.679 bits per heavy atom. The smallest absolute Gasteiger partial charge is 0.272 e. The van der Waals surface area contributed by atoms with Crippen molar-refractivity contribution in [2.24, 2.45) is 0 Å². The van der Waals surface area contributed by atoms with E-state index in [-0.39, 0.29) is 6.42 Å². The number of ether oxygens (including phenoxy) is 2. The zero-order valence-corrected chi connectivity index (χ0v) is 18.7. The van der Waals surface area contributed by atoms with Crippen molar-refractivity contribution in [3.63, 3.8) is 0 Å². The number of benzene rings is 1. The van der Waals surface area contributed by atoms with Crippen molar-refractivity contribution in [3.8, 4) is 0 Å². The van der Waals surface area contributed by atoms with Crippen molar-refractivity contribution in [2.75, 3.05) is 13.2 Å². The van der Waals surface area contributed by atoms with Crippen LogP contribution in [0.25, 0.3) is 0 Å². The van der Waals surface area contributed by atoms with Crippen molar-refractivity contribution in [2.45, 2.75) is 71.2 Å². The van der Waals surface area contributed by atoms with Crippen molar-refractivity contribution in [1.82, 2.24) is 0 Å². The van der Waals surface area contributed by atoms with Gasteiger partial charge in [-0.25, -0.2) is 22.0 Å². The molecule has 0 saturated carbocycles. The molecule has 0 amide bonds. The maximum atomic E-state index is 13.6. The van der Waals surface area contributed by atoms with E-state index in [0.717, 1.165) is 25.7 Å². The van der Waals surface area contributed by atoms with E-state index >= 15 is 0 Å². The van der Waals surface area contributed by atoms with Gasteiger partial charge in [-0.1, -0.05) is 25.7 Å². The average molecular weight is 429 g/mol. The van der Waals surface area contributed by atoms with Crippen LogP contribution in [0.15, 0.2) is 0 Å². The van der Waals surface area contributed by atoms with Gasteiger partial charge in [0.15, 0.2) is 33.8 Å². The molecular weight excluding hydrogens is 399 g/mol. The lowest BCUT2D eigenvalue weighted by atomic mass is 10.0. The first-order valence-electron chi connectivity index (χ1n) is 9.66. The van der Waals surface area contributed by atoms with E-state index in [9.17, 15) is 22.0 Å². The monoisotopic (exact) mass is 428 g/mol. The van der Waals surface area contributed by atoms with Gasteiger partial charge in [0.25, 0.3) is 5.97 Å². The number of hydrogen-bond donors (Lipinski definition) is 0. The van der Waals surface area contributed by atoms with E-state index in [1.54, 1.807) is 0 Å². The second kappa shape index (κ2) is 12.5. The Kier molecular flexibility index (Phi) is 11.2. The molecule has 9 heteroatoms. The summed E-state index contributed by atoms with van der Waals surface area (Å²) >= 11 is 0. The van der Waals surface area contributed by atoms with Crippen LogP contribution in [0.3, 0.4) is 0 Å². The first-order valence-corrected chi connectivity index (χ1v) is 10.5. The summed E-state index contributed by atoms with van der Waals surface area (Å²) in [4.78, 5) is 0. The fraction of sp³-hybridized carbons (Fsp3) is 0.684. The van der Waals surface area contributed by atoms with Gasteiger partial charge in [0, 0.05) is 25.2 Å². The van der Waals surface area contributed by atoms with Gasteiger partial charge in [-0.3, -0.25) is 0 Å². The lowest BCUT2D eigenvalue weighted by Gasteiger charge is -2.31. The summed E-state index contributed by atoms with van der Waals surface area (Å²) in [7, 11) is 0.491. The maximum absolute atomic E-state index is 13.6. The first-order chi connectivity index (χ1) is 13.3. The molecule has 0 spiro atoms. The van der Waals surface area contributed by atoms with Gasteiger partial charge in [-0.2, -0.15) is 0 Å². The second-order valence-electron chi connectivity index (χ2n) is 6.42. The molecule has 0 aliphatic rings. The molecule has 0 saturated heterocycles. The van der Waals surface area contributed by atoms with Crippen LogP contribution in [0.4, 0.5) is 22.0 Å². The molecule has 0 heterocycles. The second-order valence-corrected chi connectivity index (χ2v) is 6.83. The van der Waals surface area contributed by atoms with Crippen LogP contribution in [0.5, 0.6) is 0 Å². The van der Waals surface area contributed by atoms with Crippen molar-refractivity contribution >= 4 is 10.5 Å². The van der Waals surface area contributed by atoms with Crippen LogP contribution in [-0.4, -0.2) is 29.7 Å². The van der Waals surface area contributed by atoms with E-state index in [2.05, 4.69) is 0 Å². The lowest BCUT2D eigenvalue weighted by Crippen LogP contribution is -2.38. The lowest BCUT2D eigenvalue weighted by molar-refractivity contribution is -0.344. The predicted molar refractivity (Wildman–Crippen MR) is 99.3 cm³/mol. The van der Waals surface area contributed by atoms with Crippen LogP contribution >= 0.6 is 0 Å². The van der Waals surface area contributed by atoms with Gasteiger partial charge in [0.05, 0.1) is 0 Å². The largest absolute Gasteiger partial charge is 0.380 e. The molecule has 0 aliphatic carbocycles. The molecule has 1 rings (SSSR count). The van der Waals surface area contributed by atoms with Crippen LogP contribution in [0.1, 0.15) is 64.4 Å². The highest BCUT2D eigenvalue weighted by atomic mass is 28.2. The molecule has 0 bridgehead atoms. The summed E-state index contributed by atoms with van der Waals surface area (Å²) in [5.74, 6) is -10.3. The third-order valence-electron chi connectivity index (χ3n) is 4.50. The molecule has 162 valence electrons. The summed E-state index contributed by atoms with van der Waals surface area (Å²) in [6, 6.07) is 0. The molecule has 0 aliphatic heterocycles.